The Balaban J connectivity index is 1.88. The van der Waals surface area contributed by atoms with Crippen molar-refractivity contribution in [2.75, 3.05) is 6.61 Å². The lowest BCUT2D eigenvalue weighted by molar-refractivity contribution is 0.0415. The van der Waals surface area contributed by atoms with Crippen molar-refractivity contribution in [2.45, 2.75) is 45.6 Å². The van der Waals surface area contributed by atoms with Crippen LogP contribution in [-0.4, -0.2) is 17.6 Å². The molecule has 18 heavy (non-hydrogen) atoms. The largest absolute Gasteiger partial charge is 0.461 e. The van der Waals surface area contributed by atoms with Gasteiger partial charge in [0.1, 0.15) is 9.88 Å². The van der Waals surface area contributed by atoms with E-state index in [0.717, 1.165) is 10.7 Å². The van der Waals surface area contributed by atoms with Crippen molar-refractivity contribution >= 4 is 17.3 Å². The number of ether oxygens (including phenoxy) is 1. The molecule has 0 aromatic carbocycles. The number of rotatable bonds is 4. The van der Waals surface area contributed by atoms with Crippen LogP contribution in [0.3, 0.4) is 0 Å². The second kappa shape index (κ2) is 6.29. The zero-order valence-electron chi connectivity index (χ0n) is 10.8. The molecule has 0 radical (unpaired) electrons. The summed E-state index contributed by atoms with van der Waals surface area (Å²) in [4.78, 5) is 16.8. The van der Waals surface area contributed by atoms with E-state index in [1.165, 1.54) is 43.4 Å². The third kappa shape index (κ3) is 3.29. The van der Waals surface area contributed by atoms with Crippen LogP contribution in [0.4, 0.5) is 0 Å². The van der Waals surface area contributed by atoms with E-state index in [2.05, 4.69) is 4.98 Å². The molecule has 4 nitrogen and oxygen atoms in total. The van der Waals surface area contributed by atoms with Gasteiger partial charge in [-0.15, -0.1) is 11.3 Å². The predicted molar refractivity (Wildman–Crippen MR) is 71.6 cm³/mol. The second-order valence-corrected chi connectivity index (χ2v) is 5.91. The smallest absolute Gasteiger partial charge is 0.350 e. The molecule has 0 unspecified atom stereocenters. The lowest BCUT2D eigenvalue weighted by Crippen LogP contribution is -2.16. The molecule has 1 aliphatic carbocycles. The molecule has 1 fully saturated rings. The number of carbonyl (C=O) groups is 1. The average molecular weight is 268 g/mol. The molecule has 1 aromatic heterocycles. The quantitative estimate of drug-likeness (QED) is 0.853. The van der Waals surface area contributed by atoms with Gasteiger partial charge in [-0.3, -0.25) is 0 Å². The normalized spacial score (nSPS) is 16.8. The number of aryl methyl sites for hydroxylation is 1. The molecular weight excluding hydrogens is 248 g/mol. The Kier molecular flexibility index (Phi) is 4.72. The fourth-order valence-corrected chi connectivity index (χ4v) is 3.18. The van der Waals surface area contributed by atoms with E-state index >= 15 is 0 Å². The van der Waals surface area contributed by atoms with Gasteiger partial charge in [-0.25, -0.2) is 9.78 Å². The molecular formula is C13H20N2O2S. The maximum absolute atomic E-state index is 11.9. The van der Waals surface area contributed by atoms with Crippen molar-refractivity contribution in [3.8, 4) is 0 Å². The van der Waals surface area contributed by atoms with Crippen LogP contribution < -0.4 is 5.73 Å². The summed E-state index contributed by atoms with van der Waals surface area (Å²) in [5.41, 5.74) is 6.25. The number of hydrogen-bond donors (Lipinski definition) is 1. The Morgan fingerprint density at radius 3 is 2.78 bits per heavy atom. The van der Waals surface area contributed by atoms with Crippen LogP contribution in [-0.2, 0) is 11.3 Å². The van der Waals surface area contributed by atoms with Crippen molar-refractivity contribution in [1.82, 2.24) is 4.98 Å². The van der Waals surface area contributed by atoms with Crippen molar-refractivity contribution in [1.29, 1.82) is 0 Å². The molecule has 1 heterocycles. The van der Waals surface area contributed by atoms with Gasteiger partial charge in [0.05, 0.1) is 12.3 Å². The van der Waals surface area contributed by atoms with E-state index in [1.54, 1.807) is 0 Å². The molecule has 0 atom stereocenters. The van der Waals surface area contributed by atoms with Gasteiger partial charge < -0.3 is 10.5 Å². The highest BCUT2D eigenvalue weighted by molar-refractivity contribution is 7.13. The summed E-state index contributed by atoms with van der Waals surface area (Å²) in [6, 6.07) is 0. The second-order valence-electron chi connectivity index (χ2n) is 4.83. The maximum Gasteiger partial charge on any atom is 0.350 e. The Labute approximate surface area is 112 Å². The lowest BCUT2D eigenvalue weighted by Gasteiger charge is -2.20. The molecule has 0 saturated heterocycles. The number of thiazole rings is 1. The van der Waals surface area contributed by atoms with E-state index in [9.17, 15) is 4.79 Å². The van der Waals surface area contributed by atoms with Crippen LogP contribution in [0.15, 0.2) is 0 Å². The topological polar surface area (TPSA) is 65.2 Å². The molecule has 0 spiro atoms. The van der Waals surface area contributed by atoms with Gasteiger partial charge >= 0.3 is 5.97 Å². The first-order valence-corrected chi connectivity index (χ1v) is 7.36. The first-order valence-electron chi connectivity index (χ1n) is 6.54. The van der Waals surface area contributed by atoms with Crippen molar-refractivity contribution in [3.05, 3.63) is 15.6 Å². The van der Waals surface area contributed by atoms with Crippen LogP contribution in [0, 0.1) is 12.8 Å². The summed E-state index contributed by atoms with van der Waals surface area (Å²) >= 11 is 1.34. The van der Waals surface area contributed by atoms with Crippen molar-refractivity contribution in [3.63, 3.8) is 0 Å². The van der Waals surface area contributed by atoms with Gasteiger partial charge in [0.2, 0.25) is 0 Å². The first kappa shape index (κ1) is 13.5. The predicted octanol–water partition coefficient (Wildman–Crippen LogP) is 2.65. The minimum atomic E-state index is -0.240. The van der Waals surface area contributed by atoms with E-state index in [1.807, 2.05) is 6.92 Å². The standard InChI is InChI=1S/C13H20N2O2S/c1-9-12(18-11(7-14)15-9)13(16)17-8-10-5-3-2-4-6-10/h10H,2-8,14H2,1H3. The Morgan fingerprint density at radius 2 is 2.17 bits per heavy atom. The minimum Gasteiger partial charge on any atom is -0.461 e. The Hall–Kier alpha value is -0.940. The van der Waals surface area contributed by atoms with Crippen LogP contribution >= 0.6 is 11.3 Å². The highest BCUT2D eigenvalue weighted by Crippen LogP contribution is 2.25. The summed E-state index contributed by atoms with van der Waals surface area (Å²) in [7, 11) is 0. The van der Waals surface area contributed by atoms with Gasteiger partial charge in [0.25, 0.3) is 0 Å². The van der Waals surface area contributed by atoms with E-state index in [0.29, 0.717) is 23.9 Å². The fourth-order valence-electron chi connectivity index (χ4n) is 2.34. The van der Waals surface area contributed by atoms with Crippen LogP contribution in [0.2, 0.25) is 0 Å². The number of nitrogens with zero attached hydrogens (tertiary/aromatic N) is 1. The van der Waals surface area contributed by atoms with Gasteiger partial charge in [0.15, 0.2) is 0 Å². The van der Waals surface area contributed by atoms with E-state index < -0.39 is 0 Å². The molecule has 100 valence electrons. The van der Waals surface area contributed by atoms with Crippen LogP contribution in [0.25, 0.3) is 0 Å². The fraction of sp³-hybridized carbons (Fsp3) is 0.692. The summed E-state index contributed by atoms with van der Waals surface area (Å²) in [6.07, 6.45) is 6.21. The molecule has 1 aromatic rings. The lowest BCUT2D eigenvalue weighted by atomic mass is 9.90. The van der Waals surface area contributed by atoms with Crippen molar-refractivity contribution in [2.24, 2.45) is 11.7 Å². The van der Waals surface area contributed by atoms with Gasteiger partial charge in [-0.1, -0.05) is 19.3 Å². The van der Waals surface area contributed by atoms with Gasteiger partial charge in [0, 0.05) is 6.54 Å². The third-order valence-corrected chi connectivity index (χ3v) is 4.54. The SMILES string of the molecule is Cc1nc(CN)sc1C(=O)OCC1CCCCC1. The number of hydrogen-bond acceptors (Lipinski definition) is 5. The molecule has 0 amide bonds. The minimum absolute atomic E-state index is 0.240. The van der Waals surface area contributed by atoms with Gasteiger partial charge in [-0.2, -0.15) is 0 Å². The average Bonchev–Trinajstić information content (AvgIpc) is 2.78. The number of aromatic nitrogens is 1. The van der Waals surface area contributed by atoms with E-state index in [-0.39, 0.29) is 5.97 Å². The molecule has 1 saturated carbocycles. The summed E-state index contributed by atoms with van der Waals surface area (Å²) in [6.45, 7) is 2.75. The third-order valence-electron chi connectivity index (χ3n) is 3.38. The summed E-state index contributed by atoms with van der Waals surface area (Å²) in [5, 5.41) is 0.789. The number of nitrogens with two attached hydrogens (primary N) is 1. The number of carbonyl (C=O) groups excluding carboxylic acids is 1. The van der Waals surface area contributed by atoms with Gasteiger partial charge in [-0.05, 0) is 25.7 Å². The Morgan fingerprint density at radius 1 is 1.44 bits per heavy atom. The monoisotopic (exact) mass is 268 g/mol. The summed E-state index contributed by atoms with van der Waals surface area (Å²) in [5.74, 6) is 0.306. The Bertz CT molecular complexity index is 411. The zero-order valence-corrected chi connectivity index (χ0v) is 11.6. The molecule has 1 aliphatic rings. The van der Waals surface area contributed by atoms with Crippen LogP contribution in [0.5, 0.6) is 0 Å². The molecule has 2 rings (SSSR count). The highest BCUT2D eigenvalue weighted by atomic mass is 32.1. The van der Waals surface area contributed by atoms with Crippen molar-refractivity contribution < 1.29 is 9.53 Å². The summed E-state index contributed by atoms with van der Waals surface area (Å²) < 4.78 is 5.40. The zero-order chi connectivity index (χ0) is 13.0. The first-order chi connectivity index (χ1) is 8.70. The van der Waals surface area contributed by atoms with Crippen LogP contribution in [0.1, 0.15) is 52.5 Å². The maximum atomic E-state index is 11.9. The molecule has 5 heteroatoms. The highest BCUT2D eigenvalue weighted by Gasteiger charge is 2.19. The molecule has 0 aliphatic heterocycles. The number of esters is 1. The molecule has 2 N–H and O–H groups in total. The van der Waals surface area contributed by atoms with E-state index in [4.69, 9.17) is 10.5 Å². The molecule has 0 bridgehead atoms.